The van der Waals surface area contributed by atoms with Crippen LogP contribution in [0.25, 0.3) is 0 Å². The first kappa shape index (κ1) is 21.4. The second-order valence-electron chi connectivity index (χ2n) is 8.46. The Bertz CT molecular complexity index is 1320. The third-order valence-electron chi connectivity index (χ3n) is 6.67. The van der Waals surface area contributed by atoms with Gasteiger partial charge in [-0.3, -0.25) is 4.31 Å². The van der Waals surface area contributed by atoms with Crippen LogP contribution in [0, 0.1) is 5.92 Å². The SMILES string of the molecule is COc1ccc(C2Nc3ccc(S(=O)(=O)N(C)c4ccccc4)cc3C3C=CCC32)cc1O. The Kier molecular flexibility index (Phi) is 5.29. The fraction of sp³-hybridized carbons (Fsp3) is 0.231. The van der Waals surface area contributed by atoms with Crippen molar-refractivity contribution in [2.75, 3.05) is 23.8 Å². The molecule has 0 saturated carbocycles. The molecule has 5 rings (SSSR count). The molecular formula is C26H26N2O4S. The highest BCUT2D eigenvalue weighted by molar-refractivity contribution is 7.92. The number of para-hydroxylation sites is 1. The van der Waals surface area contributed by atoms with Crippen molar-refractivity contribution in [2.24, 2.45) is 5.92 Å². The summed E-state index contributed by atoms with van der Waals surface area (Å²) in [4.78, 5) is 0.272. The second kappa shape index (κ2) is 8.15. The van der Waals surface area contributed by atoms with Gasteiger partial charge < -0.3 is 15.2 Å². The fourth-order valence-electron chi connectivity index (χ4n) is 4.90. The zero-order chi connectivity index (χ0) is 23.2. The van der Waals surface area contributed by atoms with E-state index in [1.807, 2.05) is 30.3 Å². The molecule has 1 heterocycles. The molecule has 2 aliphatic rings. The summed E-state index contributed by atoms with van der Waals surface area (Å²) in [6, 6.07) is 19.8. The van der Waals surface area contributed by atoms with Crippen molar-refractivity contribution in [1.29, 1.82) is 0 Å². The molecule has 0 radical (unpaired) electrons. The number of anilines is 2. The highest BCUT2D eigenvalue weighted by Gasteiger charge is 2.39. The van der Waals surface area contributed by atoms with E-state index in [1.165, 1.54) is 11.4 Å². The highest BCUT2D eigenvalue weighted by Crippen LogP contribution is 2.51. The summed E-state index contributed by atoms with van der Waals surface area (Å²) >= 11 is 0. The molecule has 1 aliphatic carbocycles. The Balaban J connectivity index is 1.51. The average molecular weight is 463 g/mol. The van der Waals surface area contributed by atoms with Gasteiger partial charge in [-0.1, -0.05) is 36.4 Å². The van der Waals surface area contributed by atoms with Crippen LogP contribution in [0.3, 0.4) is 0 Å². The van der Waals surface area contributed by atoms with E-state index in [4.69, 9.17) is 4.74 Å². The van der Waals surface area contributed by atoms with Gasteiger partial charge in [-0.05, 0) is 65.9 Å². The molecule has 0 spiro atoms. The van der Waals surface area contributed by atoms with Gasteiger partial charge in [0.2, 0.25) is 0 Å². The smallest absolute Gasteiger partial charge is 0.264 e. The molecule has 0 fully saturated rings. The first-order valence-electron chi connectivity index (χ1n) is 10.9. The lowest BCUT2D eigenvalue weighted by molar-refractivity contribution is 0.371. The van der Waals surface area contributed by atoms with Gasteiger partial charge in [-0.2, -0.15) is 0 Å². The molecule has 170 valence electrons. The Labute approximate surface area is 194 Å². The molecular weight excluding hydrogens is 436 g/mol. The van der Waals surface area contributed by atoms with Crippen molar-refractivity contribution in [1.82, 2.24) is 0 Å². The molecule has 0 bridgehead atoms. The molecule has 0 aromatic heterocycles. The monoisotopic (exact) mass is 462 g/mol. The first-order valence-corrected chi connectivity index (χ1v) is 12.3. The molecule has 33 heavy (non-hydrogen) atoms. The van der Waals surface area contributed by atoms with Crippen molar-refractivity contribution in [3.05, 3.63) is 90.0 Å². The van der Waals surface area contributed by atoms with Crippen LogP contribution in [0.5, 0.6) is 11.5 Å². The number of fused-ring (bicyclic) bond motifs is 3. The molecule has 6 nitrogen and oxygen atoms in total. The summed E-state index contributed by atoms with van der Waals surface area (Å²) < 4.78 is 33.2. The van der Waals surface area contributed by atoms with E-state index < -0.39 is 10.0 Å². The van der Waals surface area contributed by atoms with Gasteiger partial charge in [0.1, 0.15) is 0 Å². The molecule has 3 aromatic carbocycles. The number of nitrogens with one attached hydrogen (secondary N) is 1. The Hall–Kier alpha value is -3.45. The van der Waals surface area contributed by atoms with E-state index in [0.29, 0.717) is 11.4 Å². The van der Waals surface area contributed by atoms with E-state index in [-0.39, 0.29) is 28.5 Å². The lowest BCUT2D eigenvalue weighted by Crippen LogP contribution is -2.30. The van der Waals surface area contributed by atoms with Crippen LogP contribution < -0.4 is 14.4 Å². The lowest BCUT2D eigenvalue weighted by Gasteiger charge is -2.38. The summed E-state index contributed by atoms with van der Waals surface area (Å²) in [7, 11) is -0.593. The number of sulfonamides is 1. The number of benzene rings is 3. The maximum Gasteiger partial charge on any atom is 0.264 e. The number of nitrogens with zero attached hydrogens (tertiary/aromatic N) is 1. The summed E-state index contributed by atoms with van der Waals surface area (Å²) in [6.07, 6.45) is 5.19. The van der Waals surface area contributed by atoms with Crippen molar-refractivity contribution in [3.8, 4) is 11.5 Å². The number of hydrogen-bond donors (Lipinski definition) is 2. The topological polar surface area (TPSA) is 78.9 Å². The Morgan fingerprint density at radius 3 is 2.58 bits per heavy atom. The maximum atomic E-state index is 13.3. The van der Waals surface area contributed by atoms with Gasteiger partial charge in [0.15, 0.2) is 11.5 Å². The summed E-state index contributed by atoms with van der Waals surface area (Å²) in [5.41, 5.74) is 3.47. The summed E-state index contributed by atoms with van der Waals surface area (Å²) in [5.74, 6) is 0.853. The Morgan fingerprint density at radius 2 is 1.85 bits per heavy atom. The average Bonchev–Trinajstić information content (AvgIpc) is 3.33. The van der Waals surface area contributed by atoms with E-state index in [0.717, 1.165) is 23.2 Å². The third kappa shape index (κ3) is 3.62. The minimum Gasteiger partial charge on any atom is -0.504 e. The largest absolute Gasteiger partial charge is 0.504 e. The molecule has 3 atom stereocenters. The number of phenolic OH excluding ortho intramolecular Hbond substituents is 1. The highest BCUT2D eigenvalue weighted by atomic mass is 32.2. The molecule has 3 unspecified atom stereocenters. The molecule has 7 heteroatoms. The third-order valence-corrected chi connectivity index (χ3v) is 8.46. The molecule has 0 saturated heterocycles. The normalized spacial score (nSPS) is 21.1. The molecule has 3 aromatic rings. The summed E-state index contributed by atoms with van der Waals surface area (Å²) in [5, 5.41) is 13.9. The number of rotatable bonds is 5. The van der Waals surface area contributed by atoms with Crippen LogP contribution in [0.2, 0.25) is 0 Å². The number of hydrogen-bond acceptors (Lipinski definition) is 5. The first-order chi connectivity index (χ1) is 15.9. The number of methoxy groups -OCH3 is 1. The predicted octanol–water partition coefficient (Wildman–Crippen LogP) is 5.05. The standard InChI is InChI=1S/C26H26N2O4S/c1-28(18-7-4-3-5-8-18)33(30,31)19-12-13-23-22(16-19)20-9-6-10-21(20)26(27-23)17-11-14-25(32-2)24(29)15-17/h3-9,11-16,20-21,26-27,29H,10H2,1-2H3. The van der Waals surface area contributed by atoms with Crippen LogP contribution in [-0.2, 0) is 10.0 Å². The van der Waals surface area contributed by atoms with Crippen molar-refractivity contribution < 1.29 is 18.3 Å². The van der Waals surface area contributed by atoms with E-state index >= 15 is 0 Å². The van der Waals surface area contributed by atoms with Crippen LogP contribution in [0.4, 0.5) is 11.4 Å². The predicted molar refractivity (Wildman–Crippen MR) is 129 cm³/mol. The van der Waals surface area contributed by atoms with Gasteiger partial charge in [0, 0.05) is 18.7 Å². The van der Waals surface area contributed by atoms with Gasteiger partial charge in [0.25, 0.3) is 10.0 Å². The van der Waals surface area contributed by atoms with Crippen molar-refractivity contribution in [3.63, 3.8) is 0 Å². The lowest BCUT2D eigenvalue weighted by atomic mass is 9.77. The van der Waals surface area contributed by atoms with Crippen molar-refractivity contribution in [2.45, 2.75) is 23.3 Å². The van der Waals surface area contributed by atoms with Gasteiger partial charge >= 0.3 is 0 Å². The Morgan fingerprint density at radius 1 is 1.06 bits per heavy atom. The van der Waals surface area contributed by atoms with E-state index in [2.05, 4.69) is 17.5 Å². The van der Waals surface area contributed by atoms with Crippen LogP contribution in [-0.4, -0.2) is 27.7 Å². The maximum absolute atomic E-state index is 13.3. The minimum atomic E-state index is -3.70. The summed E-state index contributed by atoms with van der Waals surface area (Å²) in [6.45, 7) is 0. The van der Waals surface area contributed by atoms with Gasteiger partial charge in [-0.15, -0.1) is 0 Å². The van der Waals surface area contributed by atoms with E-state index in [1.54, 1.807) is 43.4 Å². The van der Waals surface area contributed by atoms with Crippen molar-refractivity contribution >= 4 is 21.4 Å². The zero-order valence-corrected chi connectivity index (χ0v) is 19.3. The second-order valence-corrected chi connectivity index (χ2v) is 10.4. The van der Waals surface area contributed by atoms with Gasteiger partial charge in [0.05, 0.1) is 23.7 Å². The van der Waals surface area contributed by atoms with Crippen LogP contribution >= 0.6 is 0 Å². The molecule has 1 aliphatic heterocycles. The number of allylic oxidation sites excluding steroid dienone is 2. The fourth-order valence-corrected chi connectivity index (χ4v) is 6.13. The minimum absolute atomic E-state index is 0.0104. The van der Waals surface area contributed by atoms with Crippen LogP contribution in [0.15, 0.2) is 83.8 Å². The quantitative estimate of drug-likeness (QED) is 0.519. The molecule has 0 amide bonds. The number of aromatic hydroxyl groups is 1. The number of phenols is 1. The zero-order valence-electron chi connectivity index (χ0n) is 18.5. The number of ether oxygens (including phenoxy) is 1. The van der Waals surface area contributed by atoms with Gasteiger partial charge in [-0.25, -0.2) is 8.42 Å². The van der Waals surface area contributed by atoms with E-state index in [9.17, 15) is 13.5 Å². The molecule has 2 N–H and O–H groups in total. The van der Waals surface area contributed by atoms with Crippen LogP contribution in [0.1, 0.15) is 29.5 Å².